The van der Waals surface area contributed by atoms with Crippen LogP contribution < -0.4 is 0 Å². The minimum absolute atomic E-state index is 0.125. The van der Waals surface area contributed by atoms with Gasteiger partial charge >= 0.3 is 0 Å². The number of imide groups is 1. The molecule has 1 aliphatic carbocycles. The molecule has 1 atom stereocenters. The number of nitrogens with zero attached hydrogens (tertiary/aromatic N) is 1. The van der Waals surface area contributed by atoms with Crippen LogP contribution in [0.1, 0.15) is 45.6 Å². The van der Waals surface area contributed by atoms with Gasteiger partial charge in [0.05, 0.1) is 6.42 Å². The molecule has 1 heterocycles. The molecule has 1 aromatic carbocycles. The summed E-state index contributed by atoms with van der Waals surface area (Å²) in [6, 6.07) is 5.93. The number of hydrogen-bond donors (Lipinski definition) is 0. The van der Waals surface area contributed by atoms with Crippen LogP contribution in [0.3, 0.4) is 0 Å². The minimum atomic E-state index is -0.179. The Morgan fingerprint density at radius 2 is 2.05 bits per heavy atom. The predicted molar refractivity (Wildman–Crippen MR) is 76.3 cm³/mol. The van der Waals surface area contributed by atoms with Crippen LogP contribution in [0.2, 0.25) is 0 Å². The molecule has 1 fully saturated rings. The van der Waals surface area contributed by atoms with Crippen LogP contribution in [-0.4, -0.2) is 23.8 Å². The molecule has 1 aromatic rings. The molecule has 3 nitrogen and oxygen atoms in total. The fourth-order valence-electron chi connectivity index (χ4n) is 2.70. The summed E-state index contributed by atoms with van der Waals surface area (Å²) in [6.07, 6.45) is 4.13. The van der Waals surface area contributed by atoms with Gasteiger partial charge in [-0.2, -0.15) is 0 Å². The standard InChI is InChI=1S/C15H16BrNO2/c1-17-13(18)8-10-5-6-11(7-12(10)15(17)19)14(16)9-3-2-4-9/h5-7,9,14H,2-4,8H2,1H3. The second kappa shape index (κ2) is 4.75. The van der Waals surface area contributed by atoms with E-state index < -0.39 is 0 Å². The third-order valence-electron chi connectivity index (χ3n) is 4.27. The van der Waals surface area contributed by atoms with Gasteiger partial charge < -0.3 is 0 Å². The second-order valence-corrected chi connectivity index (χ2v) is 6.43. The highest BCUT2D eigenvalue weighted by molar-refractivity contribution is 9.09. The quantitative estimate of drug-likeness (QED) is 0.620. The van der Waals surface area contributed by atoms with Crippen LogP contribution in [-0.2, 0) is 11.2 Å². The highest BCUT2D eigenvalue weighted by Gasteiger charge is 2.31. The number of amides is 2. The highest BCUT2D eigenvalue weighted by atomic mass is 79.9. The van der Waals surface area contributed by atoms with Crippen molar-refractivity contribution in [2.45, 2.75) is 30.5 Å². The lowest BCUT2D eigenvalue weighted by atomic mass is 9.80. The van der Waals surface area contributed by atoms with Gasteiger partial charge in [0.1, 0.15) is 0 Å². The molecule has 2 amide bonds. The molecular weight excluding hydrogens is 306 g/mol. The second-order valence-electron chi connectivity index (χ2n) is 5.44. The fourth-order valence-corrected chi connectivity index (χ4v) is 3.51. The molecular formula is C15H16BrNO2. The van der Waals surface area contributed by atoms with Crippen molar-refractivity contribution < 1.29 is 9.59 Å². The van der Waals surface area contributed by atoms with Crippen molar-refractivity contribution in [3.05, 3.63) is 34.9 Å². The molecule has 1 aliphatic heterocycles. The number of hydrogen-bond acceptors (Lipinski definition) is 2. The number of carbonyl (C=O) groups is 2. The summed E-state index contributed by atoms with van der Waals surface area (Å²) in [6.45, 7) is 0. The van der Waals surface area contributed by atoms with Crippen molar-refractivity contribution >= 4 is 27.7 Å². The van der Waals surface area contributed by atoms with Crippen molar-refractivity contribution in [3.63, 3.8) is 0 Å². The summed E-state index contributed by atoms with van der Waals surface area (Å²) in [4.78, 5) is 25.3. The number of carbonyl (C=O) groups excluding carboxylic acids is 2. The SMILES string of the molecule is CN1C(=O)Cc2ccc(C(Br)C3CCC3)cc2C1=O. The Morgan fingerprint density at radius 1 is 1.32 bits per heavy atom. The van der Waals surface area contributed by atoms with Crippen molar-refractivity contribution in [2.75, 3.05) is 7.05 Å². The Labute approximate surface area is 121 Å². The van der Waals surface area contributed by atoms with Crippen LogP contribution in [0, 0.1) is 5.92 Å². The Morgan fingerprint density at radius 3 is 2.68 bits per heavy atom. The molecule has 0 radical (unpaired) electrons. The summed E-state index contributed by atoms with van der Waals surface area (Å²) in [5.74, 6) is 0.372. The largest absolute Gasteiger partial charge is 0.281 e. The maximum Gasteiger partial charge on any atom is 0.260 e. The van der Waals surface area contributed by atoms with E-state index in [-0.39, 0.29) is 11.8 Å². The number of rotatable bonds is 2. The van der Waals surface area contributed by atoms with E-state index in [1.807, 2.05) is 18.2 Å². The van der Waals surface area contributed by atoms with Gasteiger partial charge in [-0.25, -0.2) is 0 Å². The minimum Gasteiger partial charge on any atom is -0.281 e. The molecule has 4 heteroatoms. The van der Waals surface area contributed by atoms with Gasteiger partial charge in [-0.05, 0) is 36.0 Å². The molecule has 2 aliphatic rings. The first-order chi connectivity index (χ1) is 9.08. The summed E-state index contributed by atoms with van der Waals surface area (Å²) in [7, 11) is 1.55. The third kappa shape index (κ3) is 2.12. The van der Waals surface area contributed by atoms with Gasteiger partial charge in [0.2, 0.25) is 5.91 Å². The van der Waals surface area contributed by atoms with Gasteiger partial charge in [-0.15, -0.1) is 0 Å². The molecule has 0 aromatic heterocycles. The number of likely N-dealkylation sites (N-methyl/N-ethyl adjacent to an activating group) is 1. The summed E-state index contributed by atoms with van der Waals surface area (Å²) >= 11 is 3.75. The molecule has 0 bridgehead atoms. The van der Waals surface area contributed by atoms with Gasteiger partial charge in [-0.3, -0.25) is 14.5 Å². The number of benzene rings is 1. The number of fused-ring (bicyclic) bond motifs is 1. The van der Waals surface area contributed by atoms with Crippen LogP contribution in [0.4, 0.5) is 0 Å². The van der Waals surface area contributed by atoms with E-state index in [2.05, 4.69) is 15.9 Å². The van der Waals surface area contributed by atoms with E-state index in [1.165, 1.54) is 24.2 Å². The summed E-state index contributed by atoms with van der Waals surface area (Å²) in [5, 5.41) is 0. The van der Waals surface area contributed by atoms with Crippen LogP contribution in [0.5, 0.6) is 0 Å². The number of halogens is 1. The van der Waals surface area contributed by atoms with Crippen LogP contribution in [0.15, 0.2) is 18.2 Å². The molecule has 19 heavy (non-hydrogen) atoms. The highest BCUT2D eigenvalue weighted by Crippen LogP contribution is 2.43. The van der Waals surface area contributed by atoms with E-state index in [0.29, 0.717) is 22.7 Å². The lowest BCUT2D eigenvalue weighted by Gasteiger charge is -2.31. The van der Waals surface area contributed by atoms with Crippen molar-refractivity contribution in [1.29, 1.82) is 0 Å². The van der Waals surface area contributed by atoms with Crippen molar-refractivity contribution in [2.24, 2.45) is 5.92 Å². The first kappa shape index (κ1) is 12.9. The van der Waals surface area contributed by atoms with Crippen molar-refractivity contribution in [3.8, 4) is 0 Å². The first-order valence-corrected chi connectivity index (χ1v) is 7.57. The smallest absolute Gasteiger partial charge is 0.260 e. The van der Waals surface area contributed by atoms with Crippen LogP contribution in [0.25, 0.3) is 0 Å². The Bertz CT molecular complexity index is 551. The molecule has 0 N–H and O–H groups in total. The molecule has 100 valence electrons. The number of alkyl halides is 1. The van der Waals surface area contributed by atoms with E-state index >= 15 is 0 Å². The van der Waals surface area contributed by atoms with E-state index in [4.69, 9.17) is 0 Å². The molecule has 1 saturated carbocycles. The molecule has 0 saturated heterocycles. The Kier molecular flexibility index (Phi) is 3.21. The monoisotopic (exact) mass is 321 g/mol. The third-order valence-corrected chi connectivity index (χ3v) is 5.54. The molecule has 3 rings (SSSR count). The summed E-state index contributed by atoms with van der Waals surface area (Å²) in [5.41, 5.74) is 2.69. The van der Waals surface area contributed by atoms with Gasteiger partial charge in [0.15, 0.2) is 0 Å². The van der Waals surface area contributed by atoms with Crippen LogP contribution >= 0.6 is 15.9 Å². The predicted octanol–water partition coefficient (Wildman–Crippen LogP) is 3.08. The first-order valence-electron chi connectivity index (χ1n) is 6.65. The molecule has 1 unspecified atom stereocenters. The van der Waals surface area contributed by atoms with E-state index in [0.717, 1.165) is 11.1 Å². The zero-order chi connectivity index (χ0) is 13.6. The average molecular weight is 322 g/mol. The lowest BCUT2D eigenvalue weighted by Crippen LogP contribution is -2.39. The van der Waals surface area contributed by atoms with Crippen molar-refractivity contribution in [1.82, 2.24) is 4.90 Å². The Balaban J connectivity index is 1.94. The van der Waals surface area contributed by atoms with E-state index in [1.54, 1.807) is 7.05 Å². The lowest BCUT2D eigenvalue weighted by molar-refractivity contribution is -0.127. The maximum absolute atomic E-state index is 12.1. The van der Waals surface area contributed by atoms with Gasteiger partial charge in [0, 0.05) is 17.4 Å². The normalized spacial score (nSPS) is 21.1. The van der Waals surface area contributed by atoms with E-state index in [9.17, 15) is 9.59 Å². The average Bonchev–Trinajstić information content (AvgIpc) is 2.33. The zero-order valence-electron chi connectivity index (χ0n) is 10.9. The Hall–Kier alpha value is -1.16. The maximum atomic E-state index is 12.1. The molecule has 0 spiro atoms. The zero-order valence-corrected chi connectivity index (χ0v) is 12.4. The topological polar surface area (TPSA) is 37.4 Å². The van der Waals surface area contributed by atoms with Gasteiger partial charge in [-0.1, -0.05) is 34.5 Å². The summed E-state index contributed by atoms with van der Waals surface area (Å²) < 4.78 is 0. The fraction of sp³-hybridized carbons (Fsp3) is 0.467. The van der Waals surface area contributed by atoms with Gasteiger partial charge in [0.25, 0.3) is 5.91 Å².